The normalized spacial score (nSPS) is 17.4. The van der Waals surface area contributed by atoms with Crippen molar-refractivity contribution in [3.05, 3.63) is 66.0 Å². The molecule has 0 aliphatic carbocycles. The molecule has 0 spiro atoms. The van der Waals surface area contributed by atoms with Crippen LogP contribution in [0.4, 0.5) is 0 Å². The minimum atomic E-state index is 0.500. The van der Waals surface area contributed by atoms with Crippen molar-refractivity contribution in [3.8, 4) is 0 Å². The Labute approximate surface area is 217 Å². The second-order valence-electron chi connectivity index (χ2n) is 9.97. The molecule has 0 amide bonds. The Morgan fingerprint density at radius 3 is 1.89 bits per heavy atom. The van der Waals surface area contributed by atoms with E-state index in [1.54, 1.807) is 0 Å². The highest BCUT2D eigenvalue weighted by atomic mass is 15.2. The fraction of sp³-hybridized carbons (Fsp3) is 0.633. The van der Waals surface area contributed by atoms with Gasteiger partial charge in [0.2, 0.25) is 0 Å². The molecule has 1 unspecified atom stereocenters. The molecule has 0 radical (unpaired) electrons. The second kappa shape index (κ2) is 22.7. The SMILES string of the molecule is CC.CC(C)C.CC(C)C.c1ccc(C2CNCCN2)cc1.c1cncc(CN2CCNCC2)c1. The van der Waals surface area contributed by atoms with E-state index in [2.05, 4.69) is 104 Å². The van der Waals surface area contributed by atoms with E-state index in [1.807, 2.05) is 32.3 Å². The highest BCUT2D eigenvalue weighted by molar-refractivity contribution is 5.19. The van der Waals surface area contributed by atoms with Gasteiger partial charge in [-0.2, -0.15) is 0 Å². The summed E-state index contributed by atoms with van der Waals surface area (Å²) in [6, 6.07) is 15.2. The van der Waals surface area contributed by atoms with Gasteiger partial charge in [0.15, 0.2) is 0 Å². The number of nitrogens with one attached hydrogen (secondary N) is 3. The van der Waals surface area contributed by atoms with Crippen molar-refractivity contribution in [1.29, 1.82) is 0 Å². The molecule has 2 saturated heterocycles. The summed E-state index contributed by atoms with van der Waals surface area (Å²) in [6.45, 7) is 25.8. The van der Waals surface area contributed by atoms with Gasteiger partial charge in [-0.3, -0.25) is 9.88 Å². The van der Waals surface area contributed by atoms with E-state index in [0.717, 1.165) is 64.2 Å². The van der Waals surface area contributed by atoms with Gasteiger partial charge in [0.05, 0.1) is 0 Å². The number of piperazine rings is 2. The van der Waals surface area contributed by atoms with Crippen molar-refractivity contribution in [2.24, 2.45) is 11.8 Å². The summed E-state index contributed by atoms with van der Waals surface area (Å²) in [7, 11) is 0. The number of aromatic nitrogens is 1. The monoisotopic (exact) mass is 485 g/mol. The fourth-order valence-electron chi connectivity index (χ4n) is 3.19. The van der Waals surface area contributed by atoms with Crippen molar-refractivity contribution in [2.75, 3.05) is 45.8 Å². The molecule has 1 aromatic heterocycles. The van der Waals surface area contributed by atoms with Crippen molar-refractivity contribution < 1.29 is 0 Å². The lowest BCUT2D eigenvalue weighted by Gasteiger charge is -2.26. The predicted molar refractivity (Wildman–Crippen MR) is 155 cm³/mol. The van der Waals surface area contributed by atoms with Crippen LogP contribution in [0.1, 0.15) is 72.6 Å². The van der Waals surface area contributed by atoms with Crippen LogP contribution >= 0.6 is 0 Å². The average molecular weight is 486 g/mol. The third kappa shape index (κ3) is 20.1. The number of benzene rings is 1. The van der Waals surface area contributed by atoms with Gasteiger partial charge in [0.25, 0.3) is 0 Å². The minimum absolute atomic E-state index is 0.500. The number of rotatable bonds is 3. The van der Waals surface area contributed by atoms with Gasteiger partial charge in [-0.1, -0.05) is 91.8 Å². The lowest BCUT2D eigenvalue weighted by molar-refractivity contribution is 0.233. The molecule has 200 valence electrons. The number of hydrogen-bond acceptors (Lipinski definition) is 5. The summed E-state index contributed by atoms with van der Waals surface area (Å²) in [4.78, 5) is 6.56. The van der Waals surface area contributed by atoms with Gasteiger partial charge in [0.1, 0.15) is 0 Å². The first-order valence-corrected chi connectivity index (χ1v) is 13.7. The van der Waals surface area contributed by atoms with Gasteiger partial charge in [-0.05, 0) is 29.0 Å². The average Bonchev–Trinajstić information content (AvgIpc) is 2.87. The van der Waals surface area contributed by atoms with E-state index < -0.39 is 0 Å². The molecular weight excluding hydrogens is 430 g/mol. The quantitative estimate of drug-likeness (QED) is 0.516. The van der Waals surface area contributed by atoms with E-state index >= 15 is 0 Å². The first-order chi connectivity index (χ1) is 16.9. The molecule has 3 N–H and O–H groups in total. The van der Waals surface area contributed by atoms with Crippen LogP contribution < -0.4 is 16.0 Å². The standard InChI is InChI=1S/C10H15N3.C10H14N2.2C4H10.C2H6/c1-2-10(8-12-3-1)9-13-6-4-11-5-7-13;1-2-4-9(5-3-1)10-8-11-6-7-12-10;2*1-4(2)3;1-2/h1-3,8,11H,4-7,9H2;1-5,10-12H,6-8H2;2*4H,1-3H3;1-2H3. The summed E-state index contributed by atoms with van der Waals surface area (Å²) in [5, 5.41) is 10.2. The van der Waals surface area contributed by atoms with Crippen LogP contribution in [0.3, 0.4) is 0 Å². The highest BCUT2D eigenvalue weighted by Gasteiger charge is 2.12. The predicted octanol–water partition coefficient (Wildman–Crippen LogP) is 5.76. The van der Waals surface area contributed by atoms with Gasteiger partial charge >= 0.3 is 0 Å². The van der Waals surface area contributed by atoms with Gasteiger partial charge < -0.3 is 16.0 Å². The molecule has 0 saturated carbocycles. The van der Waals surface area contributed by atoms with Gasteiger partial charge in [-0.15, -0.1) is 0 Å². The second-order valence-corrected chi connectivity index (χ2v) is 9.97. The number of nitrogens with zero attached hydrogens (tertiary/aromatic N) is 2. The van der Waals surface area contributed by atoms with Crippen molar-refractivity contribution in [3.63, 3.8) is 0 Å². The Kier molecular flexibility index (Phi) is 21.5. The Morgan fingerprint density at radius 1 is 0.800 bits per heavy atom. The van der Waals surface area contributed by atoms with E-state index in [0.29, 0.717) is 6.04 Å². The Morgan fingerprint density at radius 2 is 1.40 bits per heavy atom. The smallest absolute Gasteiger partial charge is 0.0447 e. The van der Waals surface area contributed by atoms with Crippen LogP contribution in [0.5, 0.6) is 0 Å². The van der Waals surface area contributed by atoms with Gasteiger partial charge in [-0.25, -0.2) is 0 Å². The van der Waals surface area contributed by atoms with E-state index in [-0.39, 0.29) is 0 Å². The lowest BCUT2D eigenvalue weighted by Crippen LogP contribution is -2.42. The summed E-state index contributed by atoms with van der Waals surface area (Å²) in [5.74, 6) is 1.67. The first-order valence-electron chi connectivity index (χ1n) is 13.7. The molecule has 1 aromatic carbocycles. The summed E-state index contributed by atoms with van der Waals surface area (Å²) in [5.41, 5.74) is 2.69. The summed E-state index contributed by atoms with van der Waals surface area (Å²) in [6.07, 6.45) is 3.77. The molecule has 2 aliphatic heterocycles. The lowest BCUT2D eigenvalue weighted by atomic mass is 10.1. The Bertz CT molecular complexity index is 652. The molecular formula is C30H55N5. The van der Waals surface area contributed by atoms with Gasteiger partial charge in [0, 0.05) is 70.8 Å². The topological polar surface area (TPSA) is 52.2 Å². The van der Waals surface area contributed by atoms with E-state index in [9.17, 15) is 0 Å². The maximum absolute atomic E-state index is 4.11. The molecule has 1 atom stereocenters. The molecule has 2 fully saturated rings. The fourth-order valence-corrected chi connectivity index (χ4v) is 3.19. The van der Waals surface area contributed by atoms with E-state index in [4.69, 9.17) is 0 Å². The van der Waals surface area contributed by atoms with Crippen LogP contribution in [-0.4, -0.2) is 55.7 Å². The molecule has 35 heavy (non-hydrogen) atoms. The third-order valence-corrected chi connectivity index (χ3v) is 4.58. The molecule has 5 nitrogen and oxygen atoms in total. The van der Waals surface area contributed by atoms with Crippen LogP contribution in [0.2, 0.25) is 0 Å². The largest absolute Gasteiger partial charge is 0.314 e. The maximum atomic E-state index is 4.11. The molecule has 4 rings (SSSR count). The van der Waals surface area contributed by atoms with Crippen LogP contribution in [0, 0.1) is 11.8 Å². The van der Waals surface area contributed by atoms with Crippen LogP contribution in [-0.2, 0) is 6.54 Å². The summed E-state index contributed by atoms with van der Waals surface area (Å²) >= 11 is 0. The molecule has 0 bridgehead atoms. The van der Waals surface area contributed by atoms with Crippen LogP contribution in [0.25, 0.3) is 0 Å². The molecule has 2 aliphatic rings. The highest BCUT2D eigenvalue weighted by Crippen LogP contribution is 2.12. The number of pyridine rings is 1. The zero-order valence-corrected chi connectivity index (χ0v) is 24.0. The Hall–Kier alpha value is -1.79. The van der Waals surface area contributed by atoms with E-state index in [1.165, 1.54) is 11.1 Å². The molecule has 3 heterocycles. The van der Waals surface area contributed by atoms with Crippen molar-refractivity contribution >= 4 is 0 Å². The van der Waals surface area contributed by atoms with Crippen molar-refractivity contribution in [2.45, 2.75) is 68.0 Å². The minimum Gasteiger partial charge on any atom is -0.314 e. The molecule has 5 heteroatoms. The molecule has 2 aromatic rings. The third-order valence-electron chi connectivity index (χ3n) is 4.58. The van der Waals surface area contributed by atoms with Crippen molar-refractivity contribution in [1.82, 2.24) is 25.8 Å². The van der Waals surface area contributed by atoms with Crippen LogP contribution in [0.15, 0.2) is 54.9 Å². The first kappa shape index (κ1) is 33.2. The zero-order chi connectivity index (χ0) is 26.3. The summed E-state index contributed by atoms with van der Waals surface area (Å²) < 4.78 is 0. The maximum Gasteiger partial charge on any atom is 0.0447 e. The zero-order valence-electron chi connectivity index (χ0n) is 24.0. The number of hydrogen-bond donors (Lipinski definition) is 3. The Balaban J connectivity index is 0.000000485.